The van der Waals surface area contributed by atoms with Crippen LogP contribution in [0.2, 0.25) is 0 Å². The smallest absolute Gasteiger partial charge is 0.349 e. The lowest BCUT2D eigenvalue weighted by molar-refractivity contribution is -0.226. The fourth-order valence-corrected chi connectivity index (χ4v) is 5.41. The molecule has 2 aromatic carbocycles. The van der Waals surface area contributed by atoms with Crippen LogP contribution in [-0.4, -0.2) is 57.8 Å². The van der Waals surface area contributed by atoms with Crippen molar-refractivity contribution in [2.24, 2.45) is 0 Å². The molecule has 1 saturated heterocycles. The summed E-state index contributed by atoms with van der Waals surface area (Å²) in [6.45, 7) is 3.88. The van der Waals surface area contributed by atoms with E-state index in [1.165, 1.54) is 46.8 Å². The zero-order chi connectivity index (χ0) is 28.7. The number of hydrogen-bond acceptors (Lipinski definition) is 9. The molecule has 3 aliphatic rings. The van der Waals surface area contributed by atoms with Crippen LogP contribution in [0.25, 0.3) is 11.3 Å². The standard InChI is InChI=1S/C30H30FN5O5/c1-2-26(38)41-36-10-8-21(36)15-40-28-27(33-16-34-29(28)32)23-12-20(31)13-25(24(23)14-37)35-9-7-19-11-18(17-3-4-17)5-6-22(19)30(35)39/h2,5-6,11-13,16-17,21,37H,1,3-4,7-10,14-15H2,(H2,32,33,34)/t21-/m0/s1. The molecule has 1 saturated carbocycles. The summed E-state index contributed by atoms with van der Waals surface area (Å²) in [6.07, 6.45) is 5.97. The van der Waals surface area contributed by atoms with Crippen LogP contribution in [0.4, 0.5) is 15.9 Å². The van der Waals surface area contributed by atoms with Crippen molar-refractivity contribution < 1.29 is 28.7 Å². The van der Waals surface area contributed by atoms with Crippen molar-refractivity contribution in [1.29, 1.82) is 0 Å². The number of nitrogens with two attached hydrogens (primary N) is 1. The van der Waals surface area contributed by atoms with Gasteiger partial charge in [0.2, 0.25) is 0 Å². The van der Waals surface area contributed by atoms with Gasteiger partial charge in [0.05, 0.1) is 18.3 Å². The van der Waals surface area contributed by atoms with Gasteiger partial charge in [-0.1, -0.05) is 18.7 Å². The molecule has 0 bridgehead atoms. The van der Waals surface area contributed by atoms with E-state index in [1.807, 2.05) is 12.1 Å². The maximum Gasteiger partial charge on any atom is 0.349 e. The van der Waals surface area contributed by atoms with Crippen LogP contribution in [0.3, 0.4) is 0 Å². The molecule has 11 heteroatoms. The van der Waals surface area contributed by atoms with Crippen LogP contribution in [0.5, 0.6) is 5.75 Å². The number of carbonyl (C=O) groups is 2. The highest BCUT2D eigenvalue weighted by atomic mass is 19.1. The van der Waals surface area contributed by atoms with Crippen LogP contribution in [0.1, 0.15) is 52.2 Å². The summed E-state index contributed by atoms with van der Waals surface area (Å²) in [7, 11) is 0. The van der Waals surface area contributed by atoms with Gasteiger partial charge in [0, 0.05) is 35.9 Å². The molecule has 0 radical (unpaired) electrons. The number of benzene rings is 2. The molecule has 3 aromatic rings. The lowest BCUT2D eigenvalue weighted by Gasteiger charge is -2.37. The van der Waals surface area contributed by atoms with Gasteiger partial charge < -0.3 is 25.3 Å². The molecule has 10 nitrogen and oxygen atoms in total. The van der Waals surface area contributed by atoms with Crippen molar-refractivity contribution in [3.63, 3.8) is 0 Å². The van der Waals surface area contributed by atoms with E-state index in [1.54, 1.807) is 0 Å². The number of aliphatic hydroxyl groups is 1. The van der Waals surface area contributed by atoms with Crippen LogP contribution < -0.4 is 15.4 Å². The normalized spacial score (nSPS) is 18.4. The van der Waals surface area contributed by atoms with Crippen molar-refractivity contribution in [1.82, 2.24) is 15.0 Å². The van der Waals surface area contributed by atoms with Gasteiger partial charge in [-0.25, -0.2) is 19.2 Å². The molecule has 2 aliphatic heterocycles. The Balaban J connectivity index is 1.31. The Morgan fingerprint density at radius 3 is 2.71 bits per heavy atom. The molecule has 1 aliphatic carbocycles. The number of aromatic nitrogens is 2. The van der Waals surface area contributed by atoms with E-state index in [4.69, 9.17) is 15.3 Å². The van der Waals surface area contributed by atoms with E-state index in [0.717, 1.165) is 11.6 Å². The number of hydrogen-bond donors (Lipinski definition) is 2. The highest BCUT2D eigenvalue weighted by Crippen LogP contribution is 2.42. The third-order valence-electron chi connectivity index (χ3n) is 7.87. The van der Waals surface area contributed by atoms with Crippen molar-refractivity contribution in [3.8, 4) is 17.0 Å². The molecular formula is C30H30FN5O5. The molecule has 1 amide bonds. The quantitative estimate of drug-likeness (QED) is 0.378. The SMILES string of the molecule is C=CC(=O)ON1CC[C@H]1COc1c(N)ncnc1-c1cc(F)cc(N2CCc3cc(C4CC4)ccc3C2=O)c1CO. The van der Waals surface area contributed by atoms with E-state index < -0.39 is 18.4 Å². The Kier molecular flexibility index (Phi) is 7.14. The summed E-state index contributed by atoms with van der Waals surface area (Å²) in [5, 5.41) is 12.0. The largest absolute Gasteiger partial charge is 0.486 e. The number of nitrogen functional groups attached to an aromatic ring is 1. The number of ether oxygens (including phenoxy) is 1. The van der Waals surface area contributed by atoms with Crippen LogP contribution in [0.15, 0.2) is 49.3 Å². The molecule has 2 fully saturated rings. The van der Waals surface area contributed by atoms with Gasteiger partial charge >= 0.3 is 5.97 Å². The van der Waals surface area contributed by atoms with Gasteiger partial charge in [0.1, 0.15) is 24.4 Å². The second kappa shape index (κ2) is 10.9. The van der Waals surface area contributed by atoms with Crippen LogP contribution in [-0.2, 0) is 22.7 Å². The zero-order valence-corrected chi connectivity index (χ0v) is 22.4. The fraction of sp³-hybridized carbons (Fsp3) is 0.333. The molecule has 0 spiro atoms. The van der Waals surface area contributed by atoms with Gasteiger partial charge in [-0.15, -0.1) is 5.06 Å². The number of nitrogens with zero attached hydrogens (tertiary/aromatic N) is 4. The van der Waals surface area contributed by atoms with E-state index in [9.17, 15) is 14.7 Å². The minimum atomic E-state index is -0.612. The van der Waals surface area contributed by atoms with E-state index >= 15 is 4.39 Å². The topological polar surface area (TPSA) is 131 Å². The average Bonchev–Trinajstić information content (AvgIpc) is 3.81. The molecule has 0 unspecified atom stereocenters. The van der Waals surface area contributed by atoms with Crippen molar-refractivity contribution in [2.45, 2.75) is 44.2 Å². The molecule has 41 heavy (non-hydrogen) atoms. The van der Waals surface area contributed by atoms with E-state index in [-0.39, 0.29) is 47.1 Å². The Hall–Kier alpha value is -4.35. The molecule has 1 atom stereocenters. The molecular weight excluding hydrogens is 529 g/mol. The first-order valence-electron chi connectivity index (χ1n) is 13.6. The zero-order valence-electron chi connectivity index (χ0n) is 22.4. The number of rotatable bonds is 9. The summed E-state index contributed by atoms with van der Waals surface area (Å²) in [6, 6.07) is 8.21. The number of carbonyl (C=O) groups excluding carboxylic acids is 2. The summed E-state index contributed by atoms with van der Waals surface area (Å²) in [5.74, 6) is -0.739. The Bertz CT molecular complexity index is 1540. The maximum atomic E-state index is 15.2. The molecule has 1 aromatic heterocycles. The highest BCUT2D eigenvalue weighted by Gasteiger charge is 2.34. The summed E-state index contributed by atoms with van der Waals surface area (Å²) < 4.78 is 21.2. The monoisotopic (exact) mass is 559 g/mol. The maximum absolute atomic E-state index is 15.2. The number of amides is 1. The first-order valence-corrected chi connectivity index (χ1v) is 13.6. The van der Waals surface area contributed by atoms with Gasteiger partial charge in [-0.05, 0) is 60.9 Å². The van der Waals surface area contributed by atoms with Crippen LogP contribution >= 0.6 is 0 Å². The van der Waals surface area contributed by atoms with Crippen LogP contribution in [0, 0.1) is 5.82 Å². The summed E-state index contributed by atoms with van der Waals surface area (Å²) in [5.41, 5.74) is 9.96. The lowest BCUT2D eigenvalue weighted by atomic mass is 9.93. The first-order chi connectivity index (χ1) is 19.9. The number of hydroxylamine groups is 2. The third-order valence-corrected chi connectivity index (χ3v) is 7.87. The summed E-state index contributed by atoms with van der Waals surface area (Å²) >= 11 is 0. The number of anilines is 2. The van der Waals surface area contributed by atoms with E-state index in [2.05, 4.69) is 22.6 Å². The first kappa shape index (κ1) is 26.9. The Morgan fingerprint density at radius 1 is 1.17 bits per heavy atom. The predicted octanol–water partition coefficient (Wildman–Crippen LogP) is 3.53. The lowest BCUT2D eigenvalue weighted by Crippen LogP contribution is -2.51. The molecule has 3 N–H and O–H groups in total. The summed E-state index contributed by atoms with van der Waals surface area (Å²) in [4.78, 5) is 40.2. The number of fused-ring (bicyclic) bond motifs is 1. The molecule has 3 heterocycles. The number of halogens is 1. The molecule has 6 rings (SSSR count). The molecule has 212 valence electrons. The predicted molar refractivity (Wildman–Crippen MR) is 148 cm³/mol. The fourth-order valence-electron chi connectivity index (χ4n) is 5.41. The van der Waals surface area contributed by atoms with Gasteiger partial charge in [0.15, 0.2) is 11.6 Å². The van der Waals surface area contributed by atoms with Crippen molar-refractivity contribution in [3.05, 3.63) is 77.4 Å². The minimum Gasteiger partial charge on any atom is -0.486 e. The van der Waals surface area contributed by atoms with E-state index in [0.29, 0.717) is 43.0 Å². The average molecular weight is 560 g/mol. The van der Waals surface area contributed by atoms with Gasteiger partial charge in [0.25, 0.3) is 5.91 Å². The van der Waals surface area contributed by atoms with Crippen molar-refractivity contribution in [2.75, 3.05) is 30.3 Å². The Morgan fingerprint density at radius 2 is 2.00 bits per heavy atom. The second-order valence-corrected chi connectivity index (χ2v) is 10.5. The van der Waals surface area contributed by atoms with Gasteiger partial charge in [-0.2, -0.15) is 0 Å². The highest BCUT2D eigenvalue weighted by molar-refractivity contribution is 6.09. The van der Waals surface area contributed by atoms with Gasteiger partial charge in [-0.3, -0.25) is 4.79 Å². The van der Waals surface area contributed by atoms with Crippen molar-refractivity contribution >= 4 is 23.4 Å². The number of aliphatic hydroxyl groups excluding tert-OH is 1. The third kappa shape index (κ3) is 5.14. The Labute approximate surface area is 236 Å². The second-order valence-electron chi connectivity index (χ2n) is 10.5. The minimum absolute atomic E-state index is 0.0214.